The molecule has 4 aromatic rings. The van der Waals surface area contributed by atoms with Crippen LogP contribution in [0.5, 0.6) is 5.75 Å². The number of hydrogen-bond acceptors (Lipinski definition) is 5. The molecule has 2 heterocycles. The number of benzene rings is 2. The molecule has 0 aliphatic heterocycles. The molecule has 0 atom stereocenters. The summed E-state index contributed by atoms with van der Waals surface area (Å²) in [6, 6.07) is 19.9. The van der Waals surface area contributed by atoms with E-state index in [1.165, 1.54) is 6.33 Å². The molecule has 0 spiro atoms. The van der Waals surface area contributed by atoms with Crippen molar-refractivity contribution in [1.29, 1.82) is 0 Å². The zero-order valence-electron chi connectivity index (χ0n) is 15.8. The Kier molecular flexibility index (Phi) is 5.99. The summed E-state index contributed by atoms with van der Waals surface area (Å²) in [4.78, 5) is 8.46. The predicted octanol–water partition coefficient (Wildman–Crippen LogP) is 4.78. The first-order valence-electron chi connectivity index (χ1n) is 8.99. The van der Waals surface area contributed by atoms with Gasteiger partial charge in [-0.25, -0.2) is 4.98 Å². The summed E-state index contributed by atoms with van der Waals surface area (Å²) >= 11 is 0. The highest BCUT2D eigenvalue weighted by Gasteiger charge is 2.06. The minimum absolute atomic E-state index is 0.552. The maximum absolute atomic E-state index is 5.81. The second kappa shape index (κ2) is 8.80. The fourth-order valence-corrected chi connectivity index (χ4v) is 2.54. The van der Waals surface area contributed by atoms with Crippen molar-refractivity contribution < 1.29 is 4.74 Å². The smallest absolute Gasteiger partial charge is 0.254 e. The molecule has 6 nitrogen and oxygen atoms in total. The van der Waals surface area contributed by atoms with Gasteiger partial charge in [0.25, 0.3) is 5.78 Å². The molecular formula is C21H23N5O. The first-order chi connectivity index (χ1) is 13.3. The molecule has 0 amide bonds. The van der Waals surface area contributed by atoms with Crippen LogP contribution in [0.2, 0.25) is 0 Å². The Labute approximate surface area is 158 Å². The second-order valence-corrected chi connectivity index (χ2v) is 5.68. The SMILES string of the molecule is CC.Cc1cc(Nc2ccc(OCc3ccccc3)cc2)n2ncnc2n1. The first kappa shape index (κ1) is 18.4. The lowest BCUT2D eigenvalue weighted by atomic mass is 10.2. The zero-order valence-corrected chi connectivity index (χ0v) is 15.8. The van der Waals surface area contributed by atoms with E-state index in [0.29, 0.717) is 12.4 Å². The van der Waals surface area contributed by atoms with Gasteiger partial charge in [0.15, 0.2) is 0 Å². The Bertz CT molecular complexity index is 981. The average molecular weight is 361 g/mol. The molecule has 1 N–H and O–H groups in total. The highest BCUT2D eigenvalue weighted by molar-refractivity contribution is 5.59. The molecule has 4 rings (SSSR count). The molecule has 0 bridgehead atoms. The Hall–Kier alpha value is -3.41. The minimum atomic E-state index is 0.552. The van der Waals surface area contributed by atoms with Gasteiger partial charge in [-0.3, -0.25) is 0 Å². The van der Waals surface area contributed by atoms with Gasteiger partial charge in [-0.1, -0.05) is 44.2 Å². The summed E-state index contributed by atoms with van der Waals surface area (Å²) in [6.07, 6.45) is 1.49. The van der Waals surface area contributed by atoms with Crippen LogP contribution in [0.1, 0.15) is 25.1 Å². The maximum atomic E-state index is 5.81. The Balaban J connectivity index is 0.00000102. The number of fused-ring (bicyclic) bond motifs is 1. The van der Waals surface area contributed by atoms with Crippen molar-refractivity contribution in [3.8, 4) is 5.75 Å². The number of anilines is 2. The van der Waals surface area contributed by atoms with Crippen molar-refractivity contribution in [2.75, 3.05) is 5.32 Å². The van der Waals surface area contributed by atoms with E-state index in [0.717, 1.165) is 28.5 Å². The van der Waals surface area contributed by atoms with Gasteiger partial charge >= 0.3 is 0 Å². The van der Waals surface area contributed by atoms with E-state index in [4.69, 9.17) is 4.74 Å². The number of ether oxygens (including phenoxy) is 1. The molecule has 27 heavy (non-hydrogen) atoms. The lowest BCUT2D eigenvalue weighted by Crippen LogP contribution is -2.02. The number of aryl methyl sites for hydroxylation is 1. The summed E-state index contributed by atoms with van der Waals surface area (Å²) in [5.74, 6) is 2.22. The lowest BCUT2D eigenvalue weighted by Gasteiger charge is -2.10. The van der Waals surface area contributed by atoms with Gasteiger partial charge < -0.3 is 10.1 Å². The molecule has 2 aromatic heterocycles. The number of nitrogens with one attached hydrogen (secondary N) is 1. The van der Waals surface area contributed by atoms with Gasteiger partial charge in [-0.2, -0.15) is 14.6 Å². The number of hydrogen-bond donors (Lipinski definition) is 1. The molecule has 0 unspecified atom stereocenters. The Morgan fingerprint density at radius 3 is 2.48 bits per heavy atom. The number of rotatable bonds is 5. The van der Waals surface area contributed by atoms with Crippen molar-refractivity contribution in [2.45, 2.75) is 27.4 Å². The van der Waals surface area contributed by atoms with Crippen LogP contribution in [-0.4, -0.2) is 19.6 Å². The third kappa shape index (κ3) is 4.61. The molecule has 138 valence electrons. The van der Waals surface area contributed by atoms with E-state index in [-0.39, 0.29) is 0 Å². The van der Waals surface area contributed by atoms with Gasteiger partial charge in [-0.15, -0.1) is 0 Å². The largest absolute Gasteiger partial charge is 0.489 e. The molecule has 0 saturated heterocycles. The van der Waals surface area contributed by atoms with Gasteiger partial charge in [0.05, 0.1) is 0 Å². The fraction of sp³-hybridized carbons (Fsp3) is 0.190. The maximum Gasteiger partial charge on any atom is 0.254 e. The summed E-state index contributed by atoms with van der Waals surface area (Å²) in [7, 11) is 0. The van der Waals surface area contributed by atoms with E-state index in [1.54, 1.807) is 4.52 Å². The molecule has 0 radical (unpaired) electrons. The highest BCUT2D eigenvalue weighted by atomic mass is 16.5. The van der Waals surface area contributed by atoms with E-state index >= 15 is 0 Å². The standard InChI is InChI=1S/C19H17N5O.C2H6/c1-14-11-18(24-19(22-14)20-13-21-24)23-16-7-9-17(10-8-16)25-12-15-5-3-2-4-6-15;1-2/h2-11,13,23H,12H2,1H3;1-2H3. The summed E-state index contributed by atoms with van der Waals surface area (Å²) in [5, 5.41) is 7.53. The van der Waals surface area contributed by atoms with Crippen LogP contribution in [0.25, 0.3) is 5.78 Å². The van der Waals surface area contributed by atoms with Crippen LogP contribution >= 0.6 is 0 Å². The lowest BCUT2D eigenvalue weighted by molar-refractivity contribution is 0.306. The third-order valence-electron chi connectivity index (χ3n) is 3.75. The summed E-state index contributed by atoms with van der Waals surface area (Å²) < 4.78 is 7.48. The van der Waals surface area contributed by atoms with Crippen molar-refractivity contribution >= 4 is 17.3 Å². The van der Waals surface area contributed by atoms with Crippen LogP contribution in [0.3, 0.4) is 0 Å². The Morgan fingerprint density at radius 2 is 1.74 bits per heavy atom. The van der Waals surface area contributed by atoms with Crippen LogP contribution in [-0.2, 0) is 6.61 Å². The van der Waals surface area contributed by atoms with Crippen molar-refractivity contribution in [3.05, 3.63) is 78.2 Å². The third-order valence-corrected chi connectivity index (χ3v) is 3.75. The van der Waals surface area contributed by atoms with E-state index in [2.05, 4.69) is 20.4 Å². The van der Waals surface area contributed by atoms with Crippen LogP contribution in [0, 0.1) is 6.92 Å². The van der Waals surface area contributed by atoms with Crippen LogP contribution < -0.4 is 10.1 Å². The molecule has 2 aromatic carbocycles. The van der Waals surface area contributed by atoms with E-state index < -0.39 is 0 Å². The van der Waals surface area contributed by atoms with E-state index in [9.17, 15) is 0 Å². The predicted molar refractivity (Wildman–Crippen MR) is 107 cm³/mol. The Morgan fingerprint density at radius 1 is 1.00 bits per heavy atom. The van der Waals surface area contributed by atoms with E-state index in [1.807, 2.05) is 81.4 Å². The average Bonchev–Trinajstić information content (AvgIpc) is 3.18. The summed E-state index contributed by atoms with van der Waals surface area (Å²) in [5.41, 5.74) is 2.96. The summed E-state index contributed by atoms with van der Waals surface area (Å²) in [6.45, 7) is 6.48. The first-order valence-corrected chi connectivity index (χ1v) is 8.99. The van der Waals surface area contributed by atoms with Crippen LogP contribution in [0.4, 0.5) is 11.5 Å². The zero-order chi connectivity index (χ0) is 19.1. The van der Waals surface area contributed by atoms with Crippen molar-refractivity contribution in [1.82, 2.24) is 19.6 Å². The van der Waals surface area contributed by atoms with Crippen molar-refractivity contribution in [3.63, 3.8) is 0 Å². The number of nitrogens with zero attached hydrogens (tertiary/aromatic N) is 4. The topological polar surface area (TPSA) is 64.3 Å². The normalized spacial score (nSPS) is 10.2. The second-order valence-electron chi connectivity index (χ2n) is 5.68. The molecule has 6 heteroatoms. The molecular weight excluding hydrogens is 338 g/mol. The van der Waals surface area contributed by atoms with Gasteiger partial charge in [0.1, 0.15) is 24.5 Å². The van der Waals surface area contributed by atoms with Gasteiger partial charge in [0.2, 0.25) is 0 Å². The van der Waals surface area contributed by atoms with Crippen LogP contribution in [0.15, 0.2) is 67.0 Å². The van der Waals surface area contributed by atoms with Crippen molar-refractivity contribution in [2.24, 2.45) is 0 Å². The number of aromatic nitrogens is 4. The van der Waals surface area contributed by atoms with Gasteiger partial charge in [0, 0.05) is 17.4 Å². The molecule has 0 aliphatic carbocycles. The monoisotopic (exact) mass is 361 g/mol. The highest BCUT2D eigenvalue weighted by Crippen LogP contribution is 2.21. The molecule has 0 fully saturated rings. The fourth-order valence-electron chi connectivity index (χ4n) is 2.54. The minimum Gasteiger partial charge on any atom is -0.489 e. The molecule has 0 saturated carbocycles. The molecule has 0 aliphatic rings. The van der Waals surface area contributed by atoms with Gasteiger partial charge in [-0.05, 0) is 36.8 Å². The quantitative estimate of drug-likeness (QED) is 0.554.